The molecule has 7 heteroatoms. The molecule has 138 valence electrons. The largest absolute Gasteiger partial charge is 0.467 e. The molecule has 2 aromatic rings. The maximum absolute atomic E-state index is 12.3. The van der Waals surface area contributed by atoms with Crippen molar-refractivity contribution in [3.63, 3.8) is 0 Å². The molecule has 0 spiro atoms. The Hall–Kier alpha value is -3.22. The molecule has 0 aromatic heterocycles. The van der Waals surface area contributed by atoms with E-state index in [4.69, 9.17) is 16.2 Å². The van der Waals surface area contributed by atoms with E-state index in [2.05, 4.69) is 5.32 Å². The van der Waals surface area contributed by atoms with Gasteiger partial charge < -0.3 is 26.6 Å². The number of benzene rings is 2. The lowest BCUT2D eigenvalue weighted by molar-refractivity contribution is -0.143. The maximum atomic E-state index is 12.3. The minimum atomic E-state index is -1.31. The summed E-state index contributed by atoms with van der Waals surface area (Å²) in [7, 11) is 1.22. The predicted octanol–water partition coefficient (Wildman–Crippen LogP) is 2.29. The van der Waals surface area contributed by atoms with E-state index in [1.807, 2.05) is 43.3 Å². The summed E-state index contributed by atoms with van der Waals surface area (Å²) in [6.07, 6.45) is -0.887. The Labute approximate surface area is 152 Å². The number of aryl methyl sites for hydroxylation is 1. The van der Waals surface area contributed by atoms with Crippen molar-refractivity contribution in [2.75, 3.05) is 18.6 Å². The first kappa shape index (κ1) is 19.1. The molecule has 2 atom stereocenters. The molecule has 0 bridgehead atoms. The number of carbonyl (C=O) groups excluding carboxylic acids is 1. The second kappa shape index (κ2) is 8.24. The van der Waals surface area contributed by atoms with Crippen LogP contribution in [-0.4, -0.2) is 30.3 Å². The van der Waals surface area contributed by atoms with Gasteiger partial charge in [-0.1, -0.05) is 36.4 Å². The molecule has 1 amide bonds. The number of hydrogen-bond donors (Lipinski definition) is 4. The van der Waals surface area contributed by atoms with Gasteiger partial charge in [0.1, 0.15) is 6.04 Å². The molecule has 0 saturated carbocycles. The number of nitrogens with one attached hydrogen (secondary N) is 1. The molecule has 26 heavy (non-hydrogen) atoms. The molecule has 0 fully saturated rings. The molecule has 2 rings (SSSR count). The van der Waals surface area contributed by atoms with E-state index < -0.39 is 24.0 Å². The fourth-order valence-electron chi connectivity index (χ4n) is 2.95. The number of nitrogen functional groups attached to an aromatic ring is 2. The molecule has 0 aliphatic rings. The highest BCUT2D eigenvalue weighted by Crippen LogP contribution is 2.31. The predicted molar refractivity (Wildman–Crippen MR) is 99.9 cm³/mol. The summed E-state index contributed by atoms with van der Waals surface area (Å²) in [5, 5.41) is 11.5. The van der Waals surface area contributed by atoms with Crippen molar-refractivity contribution < 1.29 is 19.4 Å². The second-order valence-corrected chi connectivity index (χ2v) is 6.09. The molecule has 0 heterocycles. The number of methoxy groups -OCH3 is 1. The molecule has 0 aliphatic carbocycles. The Kier molecular flexibility index (Phi) is 6.06. The number of esters is 1. The Morgan fingerprint density at radius 3 is 2.38 bits per heavy atom. The Balaban J connectivity index is 2.53. The zero-order valence-electron chi connectivity index (χ0n) is 14.7. The summed E-state index contributed by atoms with van der Waals surface area (Å²) in [6.45, 7) is 1.81. The number of carbonyl (C=O) groups is 2. The van der Waals surface area contributed by atoms with Gasteiger partial charge in [-0.05, 0) is 36.1 Å². The van der Waals surface area contributed by atoms with Crippen LogP contribution in [0.3, 0.4) is 0 Å². The van der Waals surface area contributed by atoms with Crippen LogP contribution in [0.15, 0.2) is 42.5 Å². The topological polar surface area (TPSA) is 128 Å². The molecule has 7 nitrogen and oxygen atoms in total. The van der Waals surface area contributed by atoms with Crippen LogP contribution in [0.1, 0.15) is 22.6 Å². The van der Waals surface area contributed by atoms with Gasteiger partial charge in [0, 0.05) is 5.92 Å². The van der Waals surface area contributed by atoms with Crippen molar-refractivity contribution in [2.24, 2.45) is 0 Å². The van der Waals surface area contributed by atoms with E-state index in [-0.39, 0.29) is 0 Å². The molecular weight excluding hydrogens is 334 g/mol. The van der Waals surface area contributed by atoms with Crippen LogP contribution in [-0.2, 0) is 16.0 Å². The standard InChI is InChI=1S/C19H23N3O4/c1-11-8-13(10-15(20)16(11)21)14(9-12-6-4-3-5-7-12)17(18(23)26-2)22-19(24)25/h3-8,10,14,17,22H,9,20-21H2,1-2H3,(H,24,25)/t14-,17?/m0/s1. The molecule has 0 saturated heterocycles. The zero-order chi connectivity index (χ0) is 19.3. The van der Waals surface area contributed by atoms with Crippen molar-refractivity contribution in [1.82, 2.24) is 5.32 Å². The summed E-state index contributed by atoms with van der Waals surface area (Å²) in [5.74, 6) is -1.18. The van der Waals surface area contributed by atoms with Gasteiger partial charge in [0.25, 0.3) is 0 Å². The van der Waals surface area contributed by atoms with Gasteiger partial charge in [0.15, 0.2) is 0 Å². The average molecular weight is 357 g/mol. The first-order chi connectivity index (χ1) is 12.3. The number of ether oxygens (including phenoxy) is 1. The molecule has 0 radical (unpaired) electrons. The van der Waals surface area contributed by atoms with E-state index >= 15 is 0 Å². The Bertz CT molecular complexity index is 770. The minimum Gasteiger partial charge on any atom is -0.467 e. The first-order valence-electron chi connectivity index (χ1n) is 8.10. The minimum absolute atomic E-state index is 0.386. The van der Waals surface area contributed by atoms with Crippen LogP contribution in [0, 0.1) is 6.92 Å². The van der Waals surface area contributed by atoms with Gasteiger partial charge in [0.05, 0.1) is 18.5 Å². The van der Waals surface area contributed by atoms with Gasteiger partial charge in [-0.2, -0.15) is 0 Å². The second-order valence-electron chi connectivity index (χ2n) is 6.09. The number of carboxylic acid groups (broad SMARTS) is 1. The lowest BCUT2D eigenvalue weighted by atomic mass is 9.84. The van der Waals surface area contributed by atoms with Gasteiger partial charge in [-0.25, -0.2) is 9.59 Å². The van der Waals surface area contributed by atoms with Crippen molar-refractivity contribution >= 4 is 23.4 Å². The molecular formula is C19H23N3O4. The molecule has 6 N–H and O–H groups in total. The summed E-state index contributed by atoms with van der Waals surface area (Å²) >= 11 is 0. The third-order valence-corrected chi connectivity index (χ3v) is 4.30. The van der Waals surface area contributed by atoms with Crippen LogP contribution in [0.5, 0.6) is 0 Å². The smallest absolute Gasteiger partial charge is 0.405 e. The highest BCUT2D eigenvalue weighted by atomic mass is 16.5. The van der Waals surface area contributed by atoms with E-state index in [1.54, 1.807) is 6.07 Å². The summed E-state index contributed by atoms with van der Waals surface area (Å²) in [6, 6.07) is 11.9. The van der Waals surface area contributed by atoms with Gasteiger partial charge in [-0.15, -0.1) is 0 Å². The number of anilines is 2. The maximum Gasteiger partial charge on any atom is 0.405 e. The van der Waals surface area contributed by atoms with Crippen molar-refractivity contribution in [1.29, 1.82) is 0 Å². The number of rotatable bonds is 6. The normalized spacial score (nSPS) is 12.8. The first-order valence-corrected chi connectivity index (χ1v) is 8.10. The molecule has 2 aromatic carbocycles. The number of nitrogens with two attached hydrogens (primary N) is 2. The van der Waals surface area contributed by atoms with E-state index in [1.165, 1.54) is 7.11 Å². The number of amides is 1. The number of hydrogen-bond acceptors (Lipinski definition) is 5. The average Bonchev–Trinajstić information content (AvgIpc) is 2.62. The van der Waals surface area contributed by atoms with E-state index in [0.29, 0.717) is 23.4 Å². The van der Waals surface area contributed by atoms with E-state index in [9.17, 15) is 14.7 Å². The van der Waals surface area contributed by atoms with Gasteiger partial charge >= 0.3 is 12.1 Å². The zero-order valence-corrected chi connectivity index (χ0v) is 14.7. The fourth-order valence-corrected chi connectivity index (χ4v) is 2.95. The van der Waals surface area contributed by atoms with Crippen LogP contribution >= 0.6 is 0 Å². The SMILES string of the molecule is COC(=O)C(NC(=O)O)[C@@H](Cc1ccccc1)c1cc(C)c(N)c(N)c1. The van der Waals surface area contributed by atoms with Crippen molar-refractivity contribution in [3.8, 4) is 0 Å². The third kappa shape index (κ3) is 4.44. The van der Waals surface area contributed by atoms with Gasteiger partial charge in [-0.3, -0.25) is 0 Å². The van der Waals surface area contributed by atoms with Crippen LogP contribution < -0.4 is 16.8 Å². The highest BCUT2D eigenvalue weighted by Gasteiger charge is 2.32. The lowest BCUT2D eigenvalue weighted by Gasteiger charge is -2.26. The Morgan fingerprint density at radius 1 is 1.19 bits per heavy atom. The summed E-state index contributed by atoms with van der Waals surface area (Å²) < 4.78 is 4.82. The van der Waals surface area contributed by atoms with Crippen molar-refractivity contribution in [3.05, 3.63) is 59.2 Å². The lowest BCUT2D eigenvalue weighted by Crippen LogP contribution is -2.45. The van der Waals surface area contributed by atoms with Crippen molar-refractivity contribution in [2.45, 2.75) is 25.3 Å². The van der Waals surface area contributed by atoms with Crippen LogP contribution in [0.25, 0.3) is 0 Å². The molecule has 0 aliphatic heterocycles. The quantitative estimate of drug-likeness (QED) is 0.464. The monoisotopic (exact) mass is 357 g/mol. The highest BCUT2D eigenvalue weighted by molar-refractivity contribution is 5.82. The summed E-state index contributed by atoms with van der Waals surface area (Å²) in [5.41, 5.74) is 15.2. The fraction of sp³-hybridized carbons (Fsp3) is 0.263. The summed E-state index contributed by atoms with van der Waals surface area (Å²) in [4.78, 5) is 23.5. The van der Waals surface area contributed by atoms with E-state index in [0.717, 1.165) is 11.1 Å². The van der Waals surface area contributed by atoms with Crippen LogP contribution in [0.2, 0.25) is 0 Å². The van der Waals surface area contributed by atoms with Gasteiger partial charge in [0.2, 0.25) is 0 Å². The third-order valence-electron chi connectivity index (χ3n) is 4.30. The molecule has 1 unspecified atom stereocenters. The Morgan fingerprint density at radius 2 is 1.85 bits per heavy atom. The van der Waals surface area contributed by atoms with Crippen LogP contribution in [0.4, 0.5) is 16.2 Å².